The molecule has 3 nitrogen and oxygen atoms in total. The third-order valence-corrected chi connectivity index (χ3v) is 4.67. The maximum absolute atomic E-state index is 13.1. The van der Waals surface area contributed by atoms with Crippen LogP contribution in [0.1, 0.15) is 17.0 Å². The lowest BCUT2D eigenvalue weighted by Crippen LogP contribution is -2.26. The van der Waals surface area contributed by atoms with Gasteiger partial charge in [0.25, 0.3) is 0 Å². The van der Waals surface area contributed by atoms with E-state index in [1.54, 1.807) is 29.4 Å². The number of thiazole rings is 1. The summed E-state index contributed by atoms with van der Waals surface area (Å²) in [5.74, 6) is -0.230. The summed E-state index contributed by atoms with van der Waals surface area (Å²) in [4.78, 5) is 18.4. The molecular weight excluding hydrogens is 311 g/mol. The van der Waals surface area contributed by atoms with Crippen molar-refractivity contribution in [2.75, 3.05) is 7.05 Å². The van der Waals surface area contributed by atoms with Crippen molar-refractivity contribution in [1.82, 2.24) is 9.88 Å². The van der Waals surface area contributed by atoms with Crippen LogP contribution >= 0.6 is 11.3 Å². The first-order chi connectivity index (χ1) is 11.1. The monoisotopic (exact) mass is 328 g/mol. The first-order valence-electron chi connectivity index (χ1n) is 7.44. The highest BCUT2D eigenvalue weighted by molar-refractivity contribution is 7.18. The summed E-state index contributed by atoms with van der Waals surface area (Å²) in [6.07, 6.45) is 0.908. The van der Waals surface area contributed by atoms with E-state index in [-0.39, 0.29) is 11.7 Å². The van der Waals surface area contributed by atoms with Gasteiger partial charge in [-0.05, 0) is 36.2 Å². The minimum atomic E-state index is -0.266. The summed E-state index contributed by atoms with van der Waals surface area (Å²) in [5.41, 5.74) is 1.81. The quantitative estimate of drug-likeness (QED) is 0.708. The predicted molar refractivity (Wildman–Crippen MR) is 90.8 cm³/mol. The molecule has 0 radical (unpaired) electrons. The van der Waals surface area contributed by atoms with E-state index in [1.807, 2.05) is 30.3 Å². The van der Waals surface area contributed by atoms with Crippen LogP contribution < -0.4 is 0 Å². The molecule has 1 heterocycles. The van der Waals surface area contributed by atoms with E-state index in [0.717, 1.165) is 20.8 Å². The molecule has 2 aromatic carbocycles. The minimum Gasteiger partial charge on any atom is -0.339 e. The normalized spacial score (nSPS) is 10.9. The molecule has 0 spiro atoms. The molecule has 0 fully saturated rings. The Balaban J connectivity index is 1.58. The van der Waals surface area contributed by atoms with Gasteiger partial charge in [-0.2, -0.15) is 0 Å². The second kappa shape index (κ2) is 6.87. The number of aromatic nitrogens is 1. The van der Waals surface area contributed by atoms with Crippen LogP contribution in [-0.4, -0.2) is 22.8 Å². The van der Waals surface area contributed by atoms with Gasteiger partial charge in [0.2, 0.25) is 5.91 Å². The highest BCUT2D eigenvalue weighted by Gasteiger charge is 2.12. The van der Waals surface area contributed by atoms with Gasteiger partial charge in [-0.15, -0.1) is 11.3 Å². The number of benzene rings is 2. The second-order valence-corrected chi connectivity index (χ2v) is 6.57. The Bertz CT molecular complexity index is 798. The zero-order valence-electron chi connectivity index (χ0n) is 12.8. The van der Waals surface area contributed by atoms with Crippen molar-refractivity contribution in [3.05, 3.63) is 64.9 Å². The first-order valence-corrected chi connectivity index (χ1v) is 8.26. The van der Waals surface area contributed by atoms with Gasteiger partial charge in [0.05, 0.1) is 16.8 Å². The van der Waals surface area contributed by atoms with Gasteiger partial charge in [-0.25, -0.2) is 9.37 Å². The standard InChI is InChI=1S/C18H17FN2OS/c1-21(12-17-20-15-7-2-3-8-16(15)23-17)18(22)10-9-13-5-4-6-14(19)11-13/h2-8,11H,9-10,12H2,1H3. The van der Waals surface area contributed by atoms with Crippen LogP contribution in [0.25, 0.3) is 10.2 Å². The molecule has 118 valence electrons. The van der Waals surface area contributed by atoms with E-state index < -0.39 is 0 Å². The molecule has 0 N–H and O–H groups in total. The van der Waals surface area contributed by atoms with Crippen LogP contribution in [-0.2, 0) is 17.8 Å². The van der Waals surface area contributed by atoms with E-state index in [1.165, 1.54) is 12.1 Å². The molecule has 1 aromatic heterocycles. The highest BCUT2D eigenvalue weighted by atomic mass is 32.1. The Morgan fingerprint density at radius 1 is 1.22 bits per heavy atom. The Kier molecular flexibility index (Phi) is 4.67. The molecule has 0 atom stereocenters. The molecule has 0 aliphatic heterocycles. The van der Waals surface area contributed by atoms with Gasteiger partial charge in [0.1, 0.15) is 10.8 Å². The van der Waals surface area contributed by atoms with E-state index in [4.69, 9.17) is 0 Å². The van der Waals surface area contributed by atoms with E-state index >= 15 is 0 Å². The second-order valence-electron chi connectivity index (χ2n) is 5.46. The smallest absolute Gasteiger partial charge is 0.223 e. The van der Waals surface area contributed by atoms with Crippen molar-refractivity contribution >= 4 is 27.5 Å². The molecule has 0 aliphatic carbocycles. The molecule has 0 unspecified atom stereocenters. The van der Waals surface area contributed by atoms with Gasteiger partial charge >= 0.3 is 0 Å². The Labute approximate surface area is 138 Å². The lowest BCUT2D eigenvalue weighted by molar-refractivity contribution is -0.130. The zero-order chi connectivity index (χ0) is 16.2. The van der Waals surface area contributed by atoms with Crippen molar-refractivity contribution < 1.29 is 9.18 Å². The average molecular weight is 328 g/mol. The highest BCUT2D eigenvalue weighted by Crippen LogP contribution is 2.22. The van der Waals surface area contributed by atoms with Gasteiger partial charge < -0.3 is 4.90 Å². The predicted octanol–water partition coefficient (Wildman–Crippen LogP) is 4.03. The lowest BCUT2D eigenvalue weighted by Gasteiger charge is -2.15. The summed E-state index contributed by atoms with van der Waals surface area (Å²) in [7, 11) is 1.78. The van der Waals surface area contributed by atoms with Crippen LogP contribution in [0.15, 0.2) is 48.5 Å². The fourth-order valence-electron chi connectivity index (χ4n) is 2.41. The minimum absolute atomic E-state index is 0.0357. The Morgan fingerprint density at radius 3 is 2.83 bits per heavy atom. The van der Waals surface area contributed by atoms with Gasteiger partial charge in [0.15, 0.2) is 0 Å². The number of hydrogen-bond acceptors (Lipinski definition) is 3. The number of halogens is 1. The summed E-state index contributed by atoms with van der Waals surface area (Å²) < 4.78 is 14.3. The molecule has 3 rings (SSSR count). The number of carbonyl (C=O) groups excluding carboxylic acids is 1. The van der Waals surface area contributed by atoms with Crippen LogP contribution in [0.4, 0.5) is 4.39 Å². The molecule has 3 aromatic rings. The zero-order valence-corrected chi connectivity index (χ0v) is 13.6. The number of amides is 1. The summed E-state index contributed by atoms with van der Waals surface area (Å²) >= 11 is 1.60. The summed E-state index contributed by atoms with van der Waals surface area (Å²) in [6.45, 7) is 0.501. The fraction of sp³-hybridized carbons (Fsp3) is 0.222. The van der Waals surface area contributed by atoms with E-state index in [2.05, 4.69) is 4.98 Å². The Morgan fingerprint density at radius 2 is 2.04 bits per heavy atom. The third kappa shape index (κ3) is 3.93. The SMILES string of the molecule is CN(Cc1nc2ccccc2s1)C(=O)CCc1cccc(F)c1. The average Bonchev–Trinajstić information content (AvgIpc) is 2.94. The Hall–Kier alpha value is -2.27. The van der Waals surface area contributed by atoms with E-state index in [0.29, 0.717) is 19.4 Å². The third-order valence-electron chi connectivity index (χ3n) is 3.65. The van der Waals surface area contributed by atoms with Gasteiger partial charge in [0, 0.05) is 13.5 Å². The van der Waals surface area contributed by atoms with Crippen molar-refractivity contribution in [3.8, 4) is 0 Å². The molecule has 23 heavy (non-hydrogen) atoms. The van der Waals surface area contributed by atoms with Crippen molar-refractivity contribution in [2.45, 2.75) is 19.4 Å². The van der Waals surface area contributed by atoms with Crippen LogP contribution in [0, 0.1) is 5.82 Å². The number of fused-ring (bicyclic) bond motifs is 1. The molecule has 5 heteroatoms. The fourth-order valence-corrected chi connectivity index (χ4v) is 3.43. The molecular formula is C18H17FN2OS. The number of aryl methyl sites for hydroxylation is 1. The largest absolute Gasteiger partial charge is 0.339 e. The summed E-state index contributed by atoms with van der Waals surface area (Å²) in [6, 6.07) is 14.3. The number of nitrogens with zero attached hydrogens (tertiary/aromatic N) is 2. The maximum Gasteiger partial charge on any atom is 0.223 e. The topological polar surface area (TPSA) is 33.2 Å². The van der Waals surface area contributed by atoms with Crippen molar-refractivity contribution in [2.24, 2.45) is 0 Å². The molecule has 1 amide bonds. The van der Waals surface area contributed by atoms with Crippen LogP contribution in [0.5, 0.6) is 0 Å². The number of rotatable bonds is 5. The molecule has 0 saturated carbocycles. The maximum atomic E-state index is 13.1. The number of carbonyl (C=O) groups is 1. The van der Waals surface area contributed by atoms with Gasteiger partial charge in [-0.1, -0.05) is 24.3 Å². The van der Waals surface area contributed by atoms with Crippen LogP contribution in [0.3, 0.4) is 0 Å². The van der Waals surface area contributed by atoms with E-state index in [9.17, 15) is 9.18 Å². The first kappa shape index (κ1) is 15.6. The molecule has 0 bridgehead atoms. The molecule has 0 saturated heterocycles. The van der Waals surface area contributed by atoms with Crippen LogP contribution in [0.2, 0.25) is 0 Å². The lowest BCUT2D eigenvalue weighted by atomic mass is 10.1. The van der Waals surface area contributed by atoms with Gasteiger partial charge in [-0.3, -0.25) is 4.79 Å². The number of para-hydroxylation sites is 1. The molecule has 0 aliphatic rings. The van der Waals surface area contributed by atoms with Crippen molar-refractivity contribution in [1.29, 1.82) is 0 Å². The summed E-state index contributed by atoms with van der Waals surface area (Å²) in [5, 5.41) is 0.924. The van der Waals surface area contributed by atoms with Crippen molar-refractivity contribution in [3.63, 3.8) is 0 Å². The number of hydrogen-bond donors (Lipinski definition) is 0.